The summed E-state index contributed by atoms with van der Waals surface area (Å²) in [6, 6.07) is 3.04. The molecule has 0 spiro atoms. The zero-order chi connectivity index (χ0) is 15.7. The Labute approximate surface area is 123 Å². The minimum atomic E-state index is -0.560. The molecular formula is C14H20N4O3. The van der Waals surface area contributed by atoms with Crippen molar-refractivity contribution in [2.75, 3.05) is 18.8 Å². The molecule has 2 unspecified atom stereocenters. The monoisotopic (exact) mass is 292 g/mol. The van der Waals surface area contributed by atoms with Crippen LogP contribution in [0.1, 0.15) is 29.3 Å². The SMILES string of the molecule is Cc1cc(C(=O)N2CC(CN)CC2C)c(N)c([N+](=O)[O-])c1. The molecule has 114 valence electrons. The van der Waals surface area contributed by atoms with Crippen LogP contribution in [-0.2, 0) is 0 Å². The average Bonchev–Trinajstić information content (AvgIpc) is 2.81. The number of carbonyl (C=O) groups excluding carboxylic acids is 1. The zero-order valence-electron chi connectivity index (χ0n) is 12.2. The van der Waals surface area contributed by atoms with Crippen molar-refractivity contribution in [1.29, 1.82) is 0 Å². The van der Waals surface area contributed by atoms with Gasteiger partial charge in [0.2, 0.25) is 0 Å². The second-order valence-electron chi connectivity index (χ2n) is 5.65. The first-order valence-corrected chi connectivity index (χ1v) is 6.90. The van der Waals surface area contributed by atoms with E-state index in [0.29, 0.717) is 18.7 Å². The maximum absolute atomic E-state index is 12.6. The van der Waals surface area contributed by atoms with Crippen molar-refractivity contribution >= 4 is 17.3 Å². The van der Waals surface area contributed by atoms with E-state index < -0.39 is 4.92 Å². The van der Waals surface area contributed by atoms with Gasteiger partial charge < -0.3 is 16.4 Å². The third-order valence-corrected chi connectivity index (χ3v) is 3.99. The summed E-state index contributed by atoms with van der Waals surface area (Å²) in [6.45, 7) is 4.75. The van der Waals surface area contributed by atoms with Crippen molar-refractivity contribution < 1.29 is 9.72 Å². The van der Waals surface area contributed by atoms with Gasteiger partial charge in [0, 0.05) is 18.7 Å². The predicted molar refractivity (Wildman–Crippen MR) is 79.9 cm³/mol. The number of carbonyl (C=O) groups is 1. The molecule has 1 amide bonds. The molecule has 1 fully saturated rings. The number of anilines is 1. The summed E-state index contributed by atoms with van der Waals surface area (Å²) in [6.07, 6.45) is 0.843. The van der Waals surface area contributed by atoms with Crippen LogP contribution in [-0.4, -0.2) is 34.9 Å². The van der Waals surface area contributed by atoms with Crippen molar-refractivity contribution in [1.82, 2.24) is 4.90 Å². The molecule has 0 aliphatic carbocycles. The van der Waals surface area contributed by atoms with Crippen LogP contribution in [0.2, 0.25) is 0 Å². The number of aryl methyl sites for hydroxylation is 1. The maximum Gasteiger partial charge on any atom is 0.293 e. The smallest absolute Gasteiger partial charge is 0.293 e. The number of nitrogen functional groups attached to an aromatic ring is 1. The highest BCUT2D eigenvalue weighted by Gasteiger charge is 2.34. The average molecular weight is 292 g/mol. The molecule has 2 rings (SSSR count). The summed E-state index contributed by atoms with van der Waals surface area (Å²) in [5, 5.41) is 11.0. The molecule has 0 aromatic heterocycles. The van der Waals surface area contributed by atoms with Crippen LogP contribution in [0, 0.1) is 23.0 Å². The molecular weight excluding hydrogens is 272 g/mol. The fourth-order valence-electron chi connectivity index (χ4n) is 2.86. The van der Waals surface area contributed by atoms with Gasteiger partial charge in [-0.25, -0.2) is 0 Å². The van der Waals surface area contributed by atoms with Gasteiger partial charge in [0.05, 0.1) is 10.5 Å². The topological polar surface area (TPSA) is 115 Å². The lowest BCUT2D eigenvalue weighted by Gasteiger charge is -2.22. The number of hydrogen-bond donors (Lipinski definition) is 2. The van der Waals surface area contributed by atoms with Crippen LogP contribution in [0.5, 0.6) is 0 Å². The molecule has 21 heavy (non-hydrogen) atoms. The molecule has 0 saturated carbocycles. The lowest BCUT2D eigenvalue weighted by atomic mass is 10.1. The molecule has 1 aliphatic rings. The third-order valence-electron chi connectivity index (χ3n) is 3.99. The molecule has 2 atom stereocenters. The van der Waals surface area contributed by atoms with Gasteiger partial charge in [-0.05, 0) is 44.4 Å². The van der Waals surface area contributed by atoms with Gasteiger partial charge in [-0.15, -0.1) is 0 Å². The van der Waals surface area contributed by atoms with Crippen LogP contribution in [0.25, 0.3) is 0 Å². The second-order valence-corrected chi connectivity index (χ2v) is 5.65. The minimum Gasteiger partial charge on any atom is -0.393 e. The van der Waals surface area contributed by atoms with Gasteiger partial charge in [0.25, 0.3) is 11.6 Å². The molecule has 0 bridgehead atoms. The summed E-state index contributed by atoms with van der Waals surface area (Å²) in [7, 11) is 0. The molecule has 1 heterocycles. The molecule has 1 aromatic rings. The Bertz CT molecular complexity index is 588. The summed E-state index contributed by atoms with van der Waals surface area (Å²) >= 11 is 0. The van der Waals surface area contributed by atoms with Crippen LogP contribution in [0.4, 0.5) is 11.4 Å². The molecule has 7 nitrogen and oxygen atoms in total. The number of nitrogens with zero attached hydrogens (tertiary/aromatic N) is 2. The van der Waals surface area contributed by atoms with E-state index >= 15 is 0 Å². The van der Waals surface area contributed by atoms with Crippen LogP contribution in [0.3, 0.4) is 0 Å². The summed E-state index contributed by atoms with van der Waals surface area (Å²) < 4.78 is 0. The largest absolute Gasteiger partial charge is 0.393 e. The molecule has 1 saturated heterocycles. The highest BCUT2D eigenvalue weighted by molar-refractivity contribution is 6.01. The number of nitrogens with two attached hydrogens (primary N) is 2. The van der Waals surface area contributed by atoms with E-state index in [1.54, 1.807) is 17.9 Å². The van der Waals surface area contributed by atoms with E-state index in [-0.39, 0.29) is 34.8 Å². The van der Waals surface area contributed by atoms with Crippen molar-refractivity contribution in [3.8, 4) is 0 Å². The summed E-state index contributed by atoms with van der Waals surface area (Å²) in [5.74, 6) is 0.00715. The Morgan fingerprint density at radius 1 is 1.52 bits per heavy atom. The van der Waals surface area contributed by atoms with Crippen LogP contribution >= 0.6 is 0 Å². The van der Waals surface area contributed by atoms with Crippen LogP contribution < -0.4 is 11.5 Å². The lowest BCUT2D eigenvalue weighted by molar-refractivity contribution is -0.384. The maximum atomic E-state index is 12.6. The summed E-state index contributed by atoms with van der Waals surface area (Å²) in [5.41, 5.74) is 12.0. The molecule has 1 aromatic carbocycles. The van der Waals surface area contributed by atoms with Crippen molar-refractivity contribution in [2.24, 2.45) is 11.7 Å². The third kappa shape index (κ3) is 2.82. The van der Waals surface area contributed by atoms with Gasteiger partial charge in [0.15, 0.2) is 0 Å². The molecule has 7 heteroatoms. The molecule has 0 radical (unpaired) electrons. The van der Waals surface area contributed by atoms with Crippen molar-refractivity contribution in [2.45, 2.75) is 26.3 Å². The Morgan fingerprint density at radius 2 is 2.19 bits per heavy atom. The Morgan fingerprint density at radius 3 is 2.71 bits per heavy atom. The van der Waals surface area contributed by atoms with Gasteiger partial charge >= 0.3 is 0 Å². The standard InChI is InChI=1S/C14H20N4O3/c1-8-3-11(13(16)12(4-8)18(20)21)14(19)17-7-10(6-15)5-9(17)2/h3-4,9-10H,5-7,15-16H2,1-2H3. The Balaban J connectivity index is 2.38. The van der Waals surface area contributed by atoms with Gasteiger partial charge in [-0.2, -0.15) is 0 Å². The first kappa shape index (κ1) is 15.2. The molecule has 1 aliphatic heterocycles. The van der Waals surface area contributed by atoms with E-state index in [1.165, 1.54) is 6.07 Å². The number of amides is 1. The second kappa shape index (κ2) is 5.69. The quantitative estimate of drug-likeness (QED) is 0.495. The number of hydrogen-bond acceptors (Lipinski definition) is 5. The van der Waals surface area contributed by atoms with Crippen molar-refractivity contribution in [3.63, 3.8) is 0 Å². The minimum absolute atomic E-state index is 0.0602. The number of likely N-dealkylation sites (tertiary alicyclic amines) is 1. The number of rotatable bonds is 3. The zero-order valence-corrected chi connectivity index (χ0v) is 12.2. The normalized spacial score (nSPS) is 21.6. The first-order chi connectivity index (χ1) is 9.85. The number of nitro groups is 1. The highest BCUT2D eigenvalue weighted by atomic mass is 16.6. The predicted octanol–water partition coefficient (Wildman–Crippen LogP) is 1.29. The van der Waals surface area contributed by atoms with E-state index in [0.717, 1.165) is 6.42 Å². The van der Waals surface area contributed by atoms with Crippen molar-refractivity contribution in [3.05, 3.63) is 33.4 Å². The van der Waals surface area contributed by atoms with E-state index in [1.807, 2.05) is 6.92 Å². The Hall–Kier alpha value is -2.15. The number of nitro benzene ring substituents is 1. The fraction of sp³-hybridized carbons (Fsp3) is 0.500. The van der Waals surface area contributed by atoms with Gasteiger partial charge in [0.1, 0.15) is 5.69 Å². The lowest BCUT2D eigenvalue weighted by Crippen LogP contribution is -2.35. The van der Waals surface area contributed by atoms with Gasteiger partial charge in [-0.3, -0.25) is 14.9 Å². The first-order valence-electron chi connectivity index (χ1n) is 6.90. The van der Waals surface area contributed by atoms with Crippen LogP contribution in [0.15, 0.2) is 12.1 Å². The Kier molecular flexibility index (Phi) is 4.13. The molecule has 4 N–H and O–H groups in total. The fourth-order valence-corrected chi connectivity index (χ4v) is 2.86. The van der Waals surface area contributed by atoms with Gasteiger partial charge in [-0.1, -0.05) is 0 Å². The number of benzene rings is 1. The van der Waals surface area contributed by atoms with E-state index in [2.05, 4.69) is 0 Å². The van der Waals surface area contributed by atoms with E-state index in [9.17, 15) is 14.9 Å². The highest BCUT2D eigenvalue weighted by Crippen LogP contribution is 2.31. The van der Waals surface area contributed by atoms with E-state index in [4.69, 9.17) is 11.5 Å². The summed E-state index contributed by atoms with van der Waals surface area (Å²) in [4.78, 5) is 24.8.